The summed E-state index contributed by atoms with van der Waals surface area (Å²) < 4.78 is 49.5. The number of nitrogens with zero attached hydrogens (tertiary/aromatic N) is 3. The number of halogens is 4. The molecule has 0 spiro atoms. The highest BCUT2D eigenvalue weighted by molar-refractivity contribution is 9.10. The molecular formula is C22H15BrF3N3O4. The zero-order valence-electron chi connectivity index (χ0n) is 16.8. The molecule has 33 heavy (non-hydrogen) atoms. The molecule has 2 aromatic heterocycles. The predicted molar refractivity (Wildman–Crippen MR) is 115 cm³/mol. The molecule has 3 heterocycles. The first kappa shape index (κ1) is 21.5. The Morgan fingerprint density at radius 2 is 2.03 bits per heavy atom. The summed E-state index contributed by atoms with van der Waals surface area (Å²) >= 11 is 3.16. The molecule has 0 saturated carbocycles. The highest BCUT2D eigenvalue weighted by atomic mass is 79.9. The van der Waals surface area contributed by atoms with Crippen molar-refractivity contribution < 1.29 is 32.3 Å². The largest absolute Gasteiger partial charge is 0.573 e. The van der Waals surface area contributed by atoms with Crippen LogP contribution in [0.2, 0.25) is 0 Å². The molecule has 7 nitrogen and oxygen atoms in total. The van der Waals surface area contributed by atoms with Crippen molar-refractivity contribution >= 4 is 32.8 Å². The van der Waals surface area contributed by atoms with E-state index in [0.717, 1.165) is 29.6 Å². The average Bonchev–Trinajstić information content (AvgIpc) is 3.41. The maximum Gasteiger partial charge on any atom is 0.573 e. The summed E-state index contributed by atoms with van der Waals surface area (Å²) in [6.45, 7) is 0.758. The second-order valence-corrected chi connectivity index (χ2v) is 8.64. The summed E-state index contributed by atoms with van der Waals surface area (Å²) in [5, 5.41) is 14.0. The van der Waals surface area contributed by atoms with Gasteiger partial charge in [0.1, 0.15) is 5.75 Å². The first-order chi connectivity index (χ1) is 15.7. The summed E-state index contributed by atoms with van der Waals surface area (Å²) in [5.41, 5.74) is 2.91. The number of carboxylic acids is 1. The first-order valence-corrected chi connectivity index (χ1v) is 10.7. The van der Waals surface area contributed by atoms with Gasteiger partial charge in [-0.2, -0.15) is 4.98 Å². The molecule has 0 unspecified atom stereocenters. The molecule has 4 aromatic rings. The maximum atomic E-state index is 12.6. The standard InChI is InChI=1S/C22H15BrF3N3O4/c23-15-6-14(7-16(10-15)32-22(24,25)26)21-27-20(28-33-21)12-1-2-17-13(5-12)8-18-11(9-19(30)31)3-4-29(17)18/h1-2,5-8,10-11H,3-4,9H2,(H,30,31)/t11-/m0/s1. The molecule has 11 heteroatoms. The van der Waals surface area contributed by atoms with Gasteiger partial charge in [-0.3, -0.25) is 4.79 Å². The predicted octanol–water partition coefficient (Wildman–Crippen LogP) is 5.98. The number of benzene rings is 2. The summed E-state index contributed by atoms with van der Waals surface area (Å²) in [6, 6.07) is 11.5. The van der Waals surface area contributed by atoms with Gasteiger partial charge in [0.25, 0.3) is 5.89 Å². The van der Waals surface area contributed by atoms with Gasteiger partial charge in [-0.25, -0.2) is 0 Å². The average molecular weight is 522 g/mol. The van der Waals surface area contributed by atoms with Gasteiger partial charge in [-0.1, -0.05) is 21.1 Å². The van der Waals surface area contributed by atoms with Gasteiger partial charge < -0.3 is 18.9 Å². The highest BCUT2D eigenvalue weighted by Gasteiger charge is 2.31. The molecule has 1 atom stereocenters. The summed E-state index contributed by atoms with van der Waals surface area (Å²) in [5.74, 6) is -0.944. The Morgan fingerprint density at radius 1 is 1.21 bits per heavy atom. The van der Waals surface area contributed by atoms with Gasteiger partial charge in [-0.05, 0) is 48.9 Å². The highest BCUT2D eigenvalue weighted by Crippen LogP contribution is 2.38. The summed E-state index contributed by atoms with van der Waals surface area (Å²) in [6.07, 6.45) is -3.95. The fourth-order valence-electron chi connectivity index (χ4n) is 4.21. The Hall–Kier alpha value is -3.34. The van der Waals surface area contributed by atoms with Crippen LogP contribution in [-0.2, 0) is 11.3 Å². The smallest absolute Gasteiger partial charge is 0.481 e. The lowest BCUT2D eigenvalue weighted by Gasteiger charge is -2.09. The maximum absolute atomic E-state index is 12.6. The number of alkyl halides is 3. The lowest BCUT2D eigenvalue weighted by Crippen LogP contribution is -2.17. The van der Waals surface area contributed by atoms with Gasteiger partial charge in [0.2, 0.25) is 5.82 Å². The molecule has 0 fully saturated rings. The van der Waals surface area contributed by atoms with Gasteiger partial charge in [0.05, 0.1) is 6.42 Å². The molecule has 170 valence electrons. The fraction of sp³-hybridized carbons (Fsp3) is 0.227. The van der Waals surface area contributed by atoms with Gasteiger partial charge >= 0.3 is 12.3 Å². The fourth-order valence-corrected chi connectivity index (χ4v) is 4.68. The second-order valence-electron chi connectivity index (χ2n) is 7.72. The Kier molecular flexibility index (Phi) is 5.15. The molecule has 2 aromatic carbocycles. The number of carboxylic acid groups (broad SMARTS) is 1. The molecule has 1 N–H and O–H groups in total. The van der Waals surface area contributed by atoms with Crippen LogP contribution >= 0.6 is 15.9 Å². The number of aryl methyl sites for hydroxylation is 1. The third-order valence-electron chi connectivity index (χ3n) is 5.51. The van der Waals surface area contributed by atoms with Gasteiger partial charge in [0.15, 0.2) is 0 Å². The van der Waals surface area contributed by atoms with Crippen molar-refractivity contribution in [1.82, 2.24) is 14.7 Å². The van der Waals surface area contributed by atoms with Crippen LogP contribution in [0.5, 0.6) is 5.75 Å². The zero-order valence-corrected chi connectivity index (χ0v) is 18.4. The van der Waals surface area contributed by atoms with E-state index in [1.165, 1.54) is 12.1 Å². The molecule has 0 saturated heterocycles. The number of hydrogen-bond acceptors (Lipinski definition) is 5. The lowest BCUT2D eigenvalue weighted by molar-refractivity contribution is -0.274. The third kappa shape index (κ3) is 4.32. The van der Waals surface area contributed by atoms with Gasteiger partial charge in [-0.15, -0.1) is 13.2 Å². The van der Waals surface area contributed by atoms with E-state index in [1.807, 2.05) is 24.3 Å². The topological polar surface area (TPSA) is 90.4 Å². The number of aliphatic carboxylic acids is 1. The summed E-state index contributed by atoms with van der Waals surface area (Å²) in [4.78, 5) is 15.5. The Balaban J connectivity index is 1.46. The Labute approximate surface area is 192 Å². The van der Waals surface area contributed by atoms with E-state index in [0.29, 0.717) is 10.0 Å². The van der Waals surface area contributed by atoms with Crippen LogP contribution in [0.3, 0.4) is 0 Å². The first-order valence-electron chi connectivity index (χ1n) is 9.92. The normalized spacial score (nSPS) is 15.7. The van der Waals surface area contributed by atoms with Crippen molar-refractivity contribution in [3.8, 4) is 28.6 Å². The third-order valence-corrected chi connectivity index (χ3v) is 5.97. The number of ether oxygens (including phenoxy) is 1. The van der Waals surface area contributed by atoms with Crippen molar-refractivity contribution in [2.75, 3.05) is 0 Å². The number of fused-ring (bicyclic) bond motifs is 3. The molecule has 0 aliphatic carbocycles. The number of aromatic nitrogens is 3. The van der Waals surface area contributed by atoms with E-state index < -0.39 is 18.1 Å². The quantitative estimate of drug-likeness (QED) is 0.347. The van der Waals surface area contributed by atoms with E-state index in [1.54, 1.807) is 6.07 Å². The Morgan fingerprint density at radius 3 is 2.79 bits per heavy atom. The molecule has 0 bridgehead atoms. The minimum absolute atomic E-state index is 0.0280. The van der Waals surface area contributed by atoms with E-state index >= 15 is 0 Å². The Bertz CT molecular complexity index is 1380. The van der Waals surface area contributed by atoms with Crippen molar-refractivity contribution in [1.29, 1.82) is 0 Å². The van der Waals surface area contributed by atoms with Crippen LogP contribution < -0.4 is 4.74 Å². The molecule has 1 aliphatic heterocycles. The van der Waals surface area contributed by atoms with Crippen LogP contribution in [0.15, 0.2) is 51.5 Å². The minimum atomic E-state index is -4.82. The number of carbonyl (C=O) groups is 1. The van der Waals surface area contributed by atoms with Crippen molar-refractivity contribution in [3.63, 3.8) is 0 Å². The van der Waals surface area contributed by atoms with E-state index in [-0.39, 0.29) is 29.6 Å². The molecule has 0 radical (unpaired) electrons. The van der Waals surface area contributed by atoms with Crippen molar-refractivity contribution in [3.05, 3.63) is 52.6 Å². The molecular weight excluding hydrogens is 507 g/mol. The van der Waals surface area contributed by atoms with E-state index in [4.69, 9.17) is 9.63 Å². The number of rotatable bonds is 5. The SMILES string of the molecule is O=C(O)C[C@@H]1CCn2c1cc1cc(-c3noc(-c4cc(Br)cc(OC(F)(F)F)c4)n3)ccc12. The summed E-state index contributed by atoms with van der Waals surface area (Å²) in [7, 11) is 0. The molecule has 5 rings (SSSR count). The molecule has 0 amide bonds. The van der Waals surface area contributed by atoms with E-state index in [9.17, 15) is 18.0 Å². The zero-order chi connectivity index (χ0) is 23.3. The second kappa shape index (κ2) is 7.91. The van der Waals surface area contributed by atoms with Crippen LogP contribution in [0.25, 0.3) is 33.7 Å². The van der Waals surface area contributed by atoms with Crippen LogP contribution in [0, 0.1) is 0 Å². The van der Waals surface area contributed by atoms with Crippen LogP contribution in [0.1, 0.15) is 24.5 Å². The lowest BCUT2D eigenvalue weighted by atomic mass is 10.0. The van der Waals surface area contributed by atoms with Crippen molar-refractivity contribution in [2.24, 2.45) is 0 Å². The van der Waals surface area contributed by atoms with Crippen molar-refractivity contribution in [2.45, 2.75) is 31.7 Å². The monoisotopic (exact) mass is 521 g/mol. The van der Waals surface area contributed by atoms with Crippen LogP contribution in [-0.4, -0.2) is 32.1 Å². The van der Waals surface area contributed by atoms with Crippen LogP contribution in [0.4, 0.5) is 13.2 Å². The number of hydrogen-bond donors (Lipinski definition) is 1. The molecule has 1 aliphatic rings. The van der Waals surface area contributed by atoms with Gasteiger partial charge in [0, 0.05) is 44.7 Å². The minimum Gasteiger partial charge on any atom is -0.481 e. The van der Waals surface area contributed by atoms with E-state index in [2.05, 4.69) is 35.4 Å².